The van der Waals surface area contributed by atoms with Crippen molar-refractivity contribution in [1.82, 2.24) is 0 Å². The largest absolute Gasteiger partial charge is 0.361 e. The first kappa shape index (κ1) is 6.49. The lowest BCUT2D eigenvalue weighted by atomic mass is 9.85. The third kappa shape index (κ3) is 0.510. The molecule has 3 aliphatic carbocycles. The Morgan fingerprint density at radius 3 is 2.62 bits per heavy atom. The molecule has 1 heterocycles. The minimum atomic E-state index is -0.145. The highest BCUT2D eigenvalue weighted by Crippen LogP contribution is 2.58. The van der Waals surface area contributed by atoms with Gasteiger partial charge in [-0.2, -0.15) is 0 Å². The van der Waals surface area contributed by atoms with E-state index < -0.39 is 0 Å². The molecule has 6 unspecified atom stereocenters. The number of rotatable bonds is 0. The zero-order valence-corrected chi connectivity index (χ0v) is 6.84. The molecule has 1 saturated heterocycles. The zero-order valence-electron chi connectivity index (χ0n) is 6.84. The fraction of sp³-hybridized carbons (Fsp3) is 0.600. The Hall–Kier alpha value is -0.960. The van der Waals surface area contributed by atoms with Crippen LogP contribution in [-0.4, -0.2) is 23.8 Å². The van der Waals surface area contributed by atoms with Crippen molar-refractivity contribution in [3.8, 4) is 0 Å². The van der Waals surface area contributed by atoms with Crippen molar-refractivity contribution in [2.45, 2.75) is 12.2 Å². The first-order chi connectivity index (χ1) is 6.29. The lowest BCUT2D eigenvalue weighted by Gasteiger charge is -2.18. The average molecular weight is 176 g/mol. The maximum Gasteiger partial charge on any atom is 0.168 e. The Kier molecular flexibility index (Phi) is 0.819. The molecule has 2 saturated carbocycles. The van der Waals surface area contributed by atoms with Crippen molar-refractivity contribution < 1.29 is 14.3 Å². The van der Waals surface area contributed by atoms with Gasteiger partial charge in [0.05, 0.1) is 6.10 Å². The topological polar surface area (TPSA) is 46.7 Å². The van der Waals surface area contributed by atoms with E-state index in [4.69, 9.17) is 4.74 Å². The predicted octanol–water partition coefficient (Wildman–Crippen LogP) is -0.0462. The Labute approximate surface area is 74.7 Å². The maximum atomic E-state index is 11.7. The van der Waals surface area contributed by atoms with E-state index in [1.165, 1.54) is 0 Å². The van der Waals surface area contributed by atoms with Crippen LogP contribution in [0.3, 0.4) is 0 Å². The number of allylic oxidation sites excluding steroid dienone is 2. The second kappa shape index (κ2) is 1.64. The molecule has 13 heavy (non-hydrogen) atoms. The molecule has 66 valence electrons. The van der Waals surface area contributed by atoms with Gasteiger partial charge in [-0.25, -0.2) is 0 Å². The standard InChI is InChI=1S/C10H8O3/c11-7-3-1-2-4(7)6-5(3)8(12)10-9(6)13-10/h1-6,9-10H. The molecule has 4 aliphatic rings. The van der Waals surface area contributed by atoms with E-state index in [9.17, 15) is 9.59 Å². The summed E-state index contributed by atoms with van der Waals surface area (Å²) in [5, 5.41) is 0. The van der Waals surface area contributed by atoms with Crippen LogP contribution in [-0.2, 0) is 14.3 Å². The maximum absolute atomic E-state index is 11.7. The number of hydrogen-bond acceptors (Lipinski definition) is 3. The quantitative estimate of drug-likeness (QED) is 0.384. The van der Waals surface area contributed by atoms with Crippen LogP contribution >= 0.6 is 0 Å². The Bertz CT molecular complexity index is 370. The molecule has 0 N–H and O–H groups in total. The number of hydrogen-bond donors (Lipinski definition) is 0. The summed E-state index contributed by atoms with van der Waals surface area (Å²) in [4.78, 5) is 23.3. The van der Waals surface area contributed by atoms with E-state index in [0.717, 1.165) is 0 Å². The Morgan fingerprint density at radius 1 is 1.08 bits per heavy atom. The summed E-state index contributed by atoms with van der Waals surface area (Å²) in [5.41, 5.74) is 0. The molecule has 0 aromatic heterocycles. The number of epoxide rings is 1. The highest BCUT2D eigenvalue weighted by atomic mass is 16.6. The van der Waals surface area contributed by atoms with E-state index in [0.29, 0.717) is 0 Å². The lowest BCUT2D eigenvalue weighted by molar-refractivity contribution is -0.128. The molecule has 4 rings (SSSR count). The number of fused-ring (bicyclic) bond motifs is 7. The Morgan fingerprint density at radius 2 is 1.85 bits per heavy atom. The molecule has 0 radical (unpaired) electrons. The summed E-state index contributed by atoms with van der Waals surface area (Å²) in [7, 11) is 0. The van der Waals surface area contributed by atoms with Crippen LogP contribution in [0.4, 0.5) is 0 Å². The summed E-state index contributed by atoms with van der Waals surface area (Å²) in [6.07, 6.45) is 3.82. The normalized spacial score (nSPS) is 60.0. The molecule has 3 nitrogen and oxygen atoms in total. The molecule has 0 aromatic rings. The number of ether oxygens (including phenoxy) is 1. The third-order valence-electron chi connectivity index (χ3n) is 3.91. The van der Waals surface area contributed by atoms with Crippen LogP contribution in [0, 0.1) is 23.7 Å². The van der Waals surface area contributed by atoms with Crippen molar-refractivity contribution >= 4 is 11.6 Å². The van der Waals surface area contributed by atoms with Crippen LogP contribution < -0.4 is 0 Å². The van der Waals surface area contributed by atoms with Gasteiger partial charge in [-0.3, -0.25) is 9.59 Å². The molecule has 0 amide bonds. The fourth-order valence-electron chi connectivity index (χ4n) is 3.34. The van der Waals surface area contributed by atoms with E-state index >= 15 is 0 Å². The van der Waals surface area contributed by atoms with Gasteiger partial charge in [-0.05, 0) is 0 Å². The molecule has 6 atom stereocenters. The van der Waals surface area contributed by atoms with Crippen molar-refractivity contribution in [1.29, 1.82) is 0 Å². The van der Waals surface area contributed by atoms with Crippen LogP contribution in [0.5, 0.6) is 0 Å². The van der Waals surface area contributed by atoms with Crippen molar-refractivity contribution in [2.24, 2.45) is 23.7 Å². The highest BCUT2D eigenvalue weighted by Gasteiger charge is 2.71. The van der Waals surface area contributed by atoms with E-state index in [1.807, 2.05) is 12.2 Å². The number of ketones is 2. The van der Waals surface area contributed by atoms with E-state index in [-0.39, 0.29) is 47.4 Å². The minimum absolute atomic E-state index is 0.00329. The molecule has 0 aromatic carbocycles. The SMILES string of the molecule is O=C1C2C=CC1C1C3OC3C(=O)C21. The third-order valence-corrected chi connectivity index (χ3v) is 3.91. The first-order valence-corrected chi connectivity index (χ1v) is 4.70. The predicted molar refractivity (Wildman–Crippen MR) is 41.8 cm³/mol. The van der Waals surface area contributed by atoms with Gasteiger partial charge in [0.2, 0.25) is 0 Å². The minimum Gasteiger partial charge on any atom is -0.361 e. The monoisotopic (exact) mass is 176 g/mol. The second-order valence-corrected chi connectivity index (χ2v) is 4.37. The van der Waals surface area contributed by atoms with Gasteiger partial charge < -0.3 is 4.74 Å². The summed E-state index contributed by atoms with van der Waals surface area (Å²) in [5.74, 6) is 0.499. The molecular weight excluding hydrogens is 168 g/mol. The summed E-state index contributed by atoms with van der Waals surface area (Å²) in [6.45, 7) is 0. The number of carbonyl (C=O) groups is 2. The van der Waals surface area contributed by atoms with Crippen LogP contribution in [0.1, 0.15) is 0 Å². The van der Waals surface area contributed by atoms with Crippen molar-refractivity contribution in [3.05, 3.63) is 12.2 Å². The van der Waals surface area contributed by atoms with Gasteiger partial charge in [0.15, 0.2) is 5.78 Å². The molecule has 0 spiro atoms. The molecule has 3 fully saturated rings. The number of Topliss-reactive ketones (excluding diaryl/α,β-unsaturated/α-hetero) is 2. The molecule has 2 bridgehead atoms. The fourth-order valence-corrected chi connectivity index (χ4v) is 3.34. The van der Waals surface area contributed by atoms with Crippen molar-refractivity contribution in [3.63, 3.8) is 0 Å². The highest BCUT2D eigenvalue weighted by molar-refractivity contribution is 6.04. The second-order valence-electron chi connectivity index (χ2n) is 4.37. The first-order valence-electron chi connectivity index (χ1n) is 4.70. The van der Waals surface area contributed by atoms with Crippen molar-refractivity contribution in [2.75, 3.05) is 0 Å². The molecule has 1 aliphatic heterocycles. The van der Waals surface area contributed by atoms with Crippen LogP contribution in [0.15, 0.2) is 12.2 Å². The van der Waals surface area contributed by atoms with Gasteiger partial charge in [0.25, 0.3) is 0 Å². The molecule has 3 heteroatoms. The van der Waals surface area contributed by atoms with Crippen LogP contribution in [0.2, 0.25) is 0 Å². The summed E-state index contributed by atoms with van der Waals surface area (Å²) < 4.78 is 5.24. The molecular formula is C10H8O3. The lowest BCUT2D eigenvalue weighted by Crippen LogP contribution is -2.25. The summed E-state index contributed by atoms with van der Waals surface area (Å²) >= 11 is 0. The van der Waals surface area contributed by atoms with Crippen LogP contribution in [0.25, 0.3) is 0 Å². The van der Waals surface area contributed by atoms with Gasteiger partial charge >= 0.3 is 0 Å². The smallest absolute Gasteiger partial charge is 0.168 e. The average Bonchev–Trinajstić information content (AvgIpc) is 2.71. The van der Waals surface area contributed by atoms with E-state index in [2.05, 4.69) is 0 Å². The summed E-state index contributed by atoms with van der Waals surface area (Å²) in [6, 6.07) is 0. The van der Waals surface area contributed by atoms with Gasteiger partial charge in [-0.15, -0.1) is 0 Å². The Balaban J connectivity index is 1.89. The van der Waals surface area contributed by atoms with Gasteiger partial charge in [0.1, 0.15) is 11.9 Å². The van der Waals surface area contributed by atoms with E-state index in [1.54, 1.807) is 0 Å². The van der Waals surface area contributed by atoms with Gasteiger partial charge in [0, 0.05) is 23.7 Å². The zero-order chi connectivity index (χ0) is 8.74. The van der Waals surface area contributed by atoms with Gasteiger partial charge in [-0.1, -0.05) is 12.2 Å². The number of carbonyl (C=O) groups excluding carboxylic acids is 2.